The summed E-state index contributed by atoms with van der Waals surface area (Å²) in [6, 6.07) is 8.83. The van der Waals surface area contributed by atoms with Crippen LogP contribution >= 0.6 is 11.3 Å². The third-order valence-corrected chi connectivity index (χ3v) is 5.34. The van der Waals surface area contributed by atoms with E-state index < -0.39 is 0 Å². The monoisotopic (exact) mass is 428 g/mol. The first-order valence-corrected chi connectivity index (χ1v) is 10.2. The van der Waals surface area contributed by atoms with Crippen molar-refractivity contribution in [1.29, 1.82) is 0 Å². The number of ether oxygens (including phenoxy) is 3. The number of nitrogens with one attached hydrogen (secondary N) is 1. The number of aliphatic hydroxyl groups is 1. The number of thiazole rings is 1. The van der Waals surface area contributed by atoms with Gasteiger partial charge in [0.1, 0.15) is 5.01 Å². The molecule has 1 heterocycles. The molecule has 0 amide bonds. The molecule has 2 N–H and O–H groups in total. The zero-order chi connectivity index (χ0) is 21.5. The number of hydrogen-bond donors (Lipinski definition) is 2. The SMILES string of the molecule is COc1cc(C(=O)c2ccc(-c3nccs3)cc2NCCCO)cc(OC)c1OC. The average Bonchev–Trinajstić information content (AvgIpc) is 3.32. The maximum absolute atomic E-state index is 13.4. The van der Waals surface area contributed by atoms with Crippen LogP contribution in [0.15, 0.2) is 41.9 Å². The number of hydrogen-bond acceptors (Lipinski definition) is 8. The molecule has 1 aromatic heterocycles. The van der Waals surface area contributed by atoms with Gasteiger partial charge in [0.25, 0.3) is 0 Å². The van der Waals surface area contributed by atoms with Crippen LogP contribution in [0.3, 0.4) is 0 Å². The Morgan fingerprint density at radius 2 is 1.83 bits per heavy atom. The molecule has 0 spiro atoms. The number of carbonyl (C=O) groups excluding carboxylic acids is 1. The van der Waals surface area contributed by atoms with Gasteiger partial charge >= 0.3 is 0 Å². The minimum absolute atomic E-state index is 0.0648. The molecule has 0 aliphatic rings. The van der Waals surface area contributed by atoms with Crippen LogP contribution in [-0.4, -0.2) is 50.4 Å². The second-order valence-electron chi connectivity index (χ2n) is 6.34. The number of nitrogens with zero attached hydrogens (tertiary/aromatic N) is 1. The summed E-state index contributed by atoms with van der Waals surface area (Å²) in [4.78, 5) is 17.7. The highest BCUT2D eigenvalue weighted by Gasteiger charge is 2.20. The van der Waals surface area contributed by atoms with E-state index in [0.717, 1.165) is 10.6 Å². The fourth-order valence-corrected chi connectivity index (χ4v) is 3.69. The topological polar surface area (TPSA) is 89.9 Å². The molecule has 0 aliphatic heterocycles. The van der Waals surface area contributed by atoms with Crippen molar-refractivity contribution in [3.05, 3.63) is 53.0 Å². The Hall–Kier alpha value is -3.10. The predicted molar refractivity (Wildman–Crippen MR) is 117 cm³/mol. The minimum Gasteiger partial charge on any atom is -0.493 e. The lowest BCUT2D eigenvalue weighted by atomic mass is 9.99. The molecule has 0 bridgehead atoms. The molecule has 7 nitrogen and oxygen atoms in total. The zero-order valence-electron chi connectivity index (χ0n) is 17.1. The van der Waals surface area contributed by atoms with E-state index in [-0.39, 0.29) is 12.4 Å². The highest BCUT2D eigenvalue weighted by atomic mass is 32.1. The Labute approximate surface area is 179 Å². The zero-order valence-corrected chi connectivity index (χ0v) is 17.9. The molecule has 0 unspecified atom stereocenters. The third-order valence-electron chi connectivity index (χ3n) is 4.52. The lowest BCUT2D eigenvalue weighted by Crippen LogP contribution is -2.11. The number of rotatable bonds is 10. The van der Waals surface area contributed by atoms with Crippen molar-refractivity contribution in [2.24, 2.45) is 0 Å². The summed E-state index contributed by atoms with van der Waals surface area (Å²) in [6.45, 7) is 0.600. The first kappa shape index (κ1) is 21.6. The van der Waals surface area contributed by atoms with Crippen LogP contribution in [0, 0.1) is 0 Å². The summed E-state index contributed by atoms with van der Waals surface area (Å²) in [7, 11) is 4.54. The van der Waals surface area contributed by atoms with Crippen LogP contribution in [0.25, 0.3) is 10.6 Å². The van der Waals surface area contributed by atoms with Gasteiger partial charge in [-0.05, 0) is 30.7 Å². The molecule has 8 heteroatoms. The highest BCUT2D eigenvalue weighted by Crippen LogP contribution is 2.39. The molecule has 158 valence electrons. The summed E-state index contributed by atoms with van der Waals surface area (Å²) >= 11 is 1.53. The summed E-state index contributed by atoms with van der Waals surface area (Å²) < 4.78 is 16.1. The van der Waals surface area contributed by atoms with Crippen molar-refractivity contribution in [3.8, 4) is 27.8 Å². The molecular formula is C22H24N2O5S. The lowest BCUT2D eigenvalue weighted by Gasteiger charge is -2.16. The summed E-state index contributed by atoms with van der Waals surface area (Å²) in [5.41, 5.74) is 2.51. The average molecular weight is 429 g/mol. The van der Waals surface area contributed by atoms with Gasteiger partial charge in [-0.3, -0.25) is 4.79 Å². The molecule has 2 aromatic carbocycles. The lowest BCUT2D eigenvalue weighted by molar-refractivity contribution is 0.103. The van der Waals surface area contributed by atoms with Crippen LogP contribution in [0.4, 0.5) is 5.69 Å². The van der Waals surface area contributed by atoms with Crippen molar-refractivity contribution < 1.29 is 24.1 Å². The van der Waals surface area contributed by atoms with Gasteiger partial charge in [0.15, 0.2) is 17.3 Å². The minimum atomic E-state index is -0.188. The number of anilines is 1. The fraction of sp³-hybridized carbons (Fsp3) is 0.273. The van der Waals surface area contributed by atoms with E-state index in [2.05, 4.69) is 10.3 Å². The van der Waals surface area contributed by atoms with Crippen molar-refractivity contribution >= 4 is 22.8 Å². The summed E-state index contributed by atoms with van der Waals surface area (Å²) in [5, 5.41) is 15.1. The van der Waals surface area contributed by atoms with E-state index in [9.17, 15) is 4.79 Å². The van der Waals surface area contributed by atoms with E-state index in [1.165, 1.54) is 32.7 Å². The smallest absolute Gasteiger partial charge is 0.203 e. The van der Waals surface area contributed by atoms with Crippen LogP contribution in [0.5, 0.6) is 17.2 Å². The van der Waals surface area contributed by atoms with Gasteiger partial charge in [-0.1, -0.05) is 6.07 Å². The maximum Gasteiger partial charge on any atom is 0.203 e. The Kier molecular flexibility index (Phi) is 7.26. The highest BCUT2D eigenvalue weighted by molar-refractivity contribution is 7.13. The summed E-state index contributed by atoms with van der Waals surface area (Å²) in [5.74, 6) is 1.06. The van der Waals surface area contributed by atoms with Crippen molar-refractivity contribution in [2.45, 2.75) is 6.42 Å². The van der Waals surface area contributed by atoms with E-state index in [0.29, 0.717) is 47.0 Å². The molecule has 30 heavy (non-hydrogen) atoms. The van der Waals surface area contributed by atoms with Crippen LogP contribution < -0.4 is 19.5 Å². The Balaban J connectivity index is 2.04. The summed E-state index contributed by atoms with van der Waals surface area (Å²) in [6.07, 6.45) is 2.31. The normalized spacial score (nSPS) is 10.5. The number of aromatic nitrogens is 1. The molecule has 0 aliphatic carbocycles. The first-order valence-electron chi connectivity index (χ1n) is 9.36. The molecule has 0 atom stereocenters. The van der Waals surface area contributed by atoms with Gasteiger partial charge in [0, 0.05) is 47.1 Å². The van der Waals surface area contributed by atoms with Gasteiger partial charge in [-0.15, -0.1) is 11.3 Å². The molecule has 0 saturated heterocycles. The maximum atomic E-state index is 13.4. The van der Waals surface area contributed by atoms with Crippen molar-refractivity contribution in [3.63, 3.8) is 0 Å². The van der Waals surface area contributed by atoms with E-state index in [4.69, 9.17) is 19.3 Å². The van der Waals surface area contributed by atoms with Crippen LogP contribution in [0.2, 0.25) is 0 Å². The Bertz CT molecular complexity index is 980. The standard InChI is InChI=1S/C22H24N2O5S/c1-27-18-12-15(13-19(28-2)21(18)29-3)20(26)16-6-5-14(22-24-8-10-30-22)11-17(16)23-7-4-9-25/h5-6,8,10-13,23,25H,4,7,9H2,1-3H3. The molecule has 3 rings (SSSR count). The van der Waals surface area contributed by atoms with Crippen molar-refractivity contribution in [2.75, 3.05) is 39.8 Å². The number of benzene rings is 2. The molecule has 3 aromatic rings. The predicted octanol–water partition coefficient (Wildman–Crippen LogP) is 3.86. The second kappa shape index (κ2) is 10.1. The van der Waals surface area contributed by atoms with E-state index in [1.54, 1.807) is 24.4 Å². The molecular weight excluding hydrogens is 404 g/mol. The van der Waals surface area contributed by atoms with Gasteiger partial charge in [0.2, 0.25) is 5.75 Å². The van der Waals surface area contributed by atoms with Crippen LogP contribution in [-0.2, 0) is 0 Å². The largest absolute Gasteiger partial charge is 0.493 e. The number of methoxy groups -OCH3 is 3. The van der Waals surface area contributed by atoms with Gasteiger partial charge < -0.3 is 24.6 Å². The molecule has 0 fully saturated rings. The quantitative estimate of drug-likeness (QED) is 0.374. The Morgan fingerprint density at radius 3 is 2.40 bits per heavy atom. The number of carbonyl (C=O) groups is 1. The fourth-order valence-electron chi connectivity index (χ4n) is 3.06. The molecule has 0 radical (unpaired) electrons. The third kappa shape index (κ3) is 4.55. The Morgan fingerprint density at radius 1 is 1.10 bits per heavy atom. The second-order valence-corrected chi connectivity index (χ2v) is 7.24. The van der Waals surface area contributed by atoms with Gasteiger partial charge in [-0.25, -0.2) is 4.98 Å². The number of aliphatic hydroxyl groups excluding tert-OH is 1. The first-order chi connectivity index (χ1) is 14.6. The van der Waals surface area contributed by atoms with Gasteiger partial charge in [0.05, 0.1) is 21.3 Å². The van der Waals surface area contributed by atoms with Gasteiger partial charge in [-0.2, -0.15) is 0 Å². The van der Waals surface area contributed by atoms with E-state index >= 15 is 0 Å². The molecule has 0 saturated carbocycles. The number of ketones is 1. The van der Waals surface area contributed by atoms with Crippen molar-refractivity contribution in [1.82, 2.24) is 4.98 Å². The van der Waals surface area contributed by atoms with E-state index in [1.807, 2.05) is 17.5 Å². The van der Waals surface area contributed by atoms with Crippen LogP contribution in [0.1, 0.15) is 22.3 Å².